The molecule has 0 aliphatic carbocycles. The molecule has 5 heteroatoms. The van der Waals surface area contributed by atoms with Crippen molar-refractivity contribution in [1.29, 1.82) is 0 Å². The fourth-order valence-electron chi connectivity index (χ4n) is 1.79. The molecule has 1 aliphatic heterocycles. The molecular weight excluding hydrogens is 218 g/mol. The van der Waals surface area contributed by atoms with Gasteiger partial charge in [0.2, 0.25) is 0 Å². The Balaban J connectivity index is 1.85. The summed E-state index contributed by atoms with van der Waals surface area (Å²) in [6, 6.07) is 3.53. The number of hydrogen-bond donors (Lipinski definition) is 2. The Labute approximate surface area is 101 Å². The molecule has 2 N–H and O–H groups in total. The van der Waals surface area contributed by atoms with Crippen molar-refractivity contribution in [3.8, 4) is 0 Å². The molecule has 1 amide bonds. The Kier molecular flexibility index (Phi) is 3.93. The molecule has 1 aliphatic rings. The third-order valence-electron chi connectivity index (χ3n) is 2.80. The highest BCUT2D eigenvalue weighted by molar-refractivity contribution is 5.94. The van der Waals surface area contributed by atoms with Crippen LogP contribution in [0.4, 0.5) is 5.82 Å². The van der Waals surface area contributed by atoms with Gasteiger partial charge in [0.15, 0.2) is 0 Å². The minimum Gasteiger partial charge on any atom is -0.376 e. The third kappa shape index (κ3) is 3.17. The van der Waals surface area contributed by atoms with E-state index in [0.717, 1.165) is 25.3 Å². The molecule has 2 rings (SSSR count). The van der Waals surface area contributed by atoms with Crippen molar-refractivity contribution < 1.29 is 9.53 Å². The van der Waals surface area contributed by atoms with E-state index in [1.54, 1.807) is 25.4 Å². The molecule has 0 spiro atoms. The Hall–Kier alpha value is -1.62. The van der Waals surface area contributed by atoms with Crippen LogP contribution in [-0.2, 0) is 4.74 Å². The predicted octanol–water partition coefficient (Wildman–Crippen LogP) is 1.03. The topological polar surface area (TPSA) is 63.2 Å². The fraction of sp³-hybridized carbons (Fsp3) is 0.500. The maximum absolute atomic E-state index is 11.8. The summed E-state index contributed by atoms with van der Waals surface area (Å²) in [5.41, 5.74) is 0.571. The molecule has 1 aromatic heterocycles. The first-order chi connectivity index (χ1) is 8.29. The van der Waals surface area contributed by atoms with Gasteiger partial charge in [0.25, 0.3) is 5.91 Å². The first-order valence-corrected chi connectivity index (χ1v) is 5.83. The van der Waals surface area contributed by atoms with Crippen molar-refractivity contribution in [3.05, 3.63) is 23.9 Å². The number of anilines is 1. The molecule has 92 valence electrons. The maximum atomic E-state index is 11.8. The number of ether oxygens (including phenoxy) is 1. The van der Waals surface area contributed by atoms with Gasteiger partial charge >= 0.3 is 0 Å². The first kappa shape index (κ1) is 11.9. The number of hydrogen-bond acceptors (Lipinski definition) is 4. The number of amides is 1. The normalized spacial score (nSPS) is 19.0. The van der Waals surface area contributed by atoms with Crippen LogP contribution >= 0.6 is 0 Å². The van der Waals surface area contributed by atoms with Crippen LogP contribution in [0.5, 0.6) is 0 Å². The summed E-state index contributed by atoms with van der Waals surface area (Å²) in [6.07, 6.45) is 3.84. The average molecular weight is 235 g/mol. The van der Waals surface area contributed by atoms with Crippen molar-refractivity contribution >= 4 is 11.7 Å². The summed E-state index contributed by atoms with van der Waals surface area (Å²) in [5, 5.41) is 5.76. The smallest absolute Gasteiger partial charge is 0.252 e. The van der Waals surface area contributed by atoms with Gasteiger partial charge in [0, 0.05) is 26.4 Å². The summed E-state index contributed by atoms with van der Waals surface area (Å²) >= 11 is 0. The molecule has 0 radical (unpaired) electrons. The van der Waals surface area contributed by atoms with Crippen LogP contribution in [0.3, 0.4) is 0 Å². The van der Waals surface area contributed by atoms with E-state index in [4.69, 9.17) is 4.74 Å². The highest BCUT2D eigenvalue weighted by Crippen LogP contribution is 2.11. The lowest BCUT2D eigenvalue weighted by molar-refractivity contribution is 0.0857. The summed E-state index contributed by atoms with van der Waals surface area (Å²) in [5.74, 6) is 0.649. The van der Waals surface area contributed by atoms with Crippen LogP contribution in [0.1, 0.15) is 23.2 Å². The lowest BCUT2D eigenvalue weighted by Crippen LogP contribution is -2.31. The van der Waals surface area contributed by atoms with Gasteiger partial charge in [0.05, 0.1) is 11.7 Å². The van der Waals surface area contributed by atoms with Gasteiger partial charge in [-0.2, -0.15) is 0 Å². The van der Waals surface area contributed by atoms with Crippen LogP contribution in [0.15, 0.2) is 18.3 Å². The van der Waals surface area contributed by atoms with E-state index in [2.05, 4.69) is 15.6 Å². The third-order valence-corrected chi connectivity index (χ3v) is 2.80. The Morgan fingerprint density at radius 1 is 1.59 bits per heavy atom. The van der Waals surface area contributed by atoms with E-state index in [9.17, 15) is 4.79 Å². The van der Waals surface area contributed by atoms with Gasteiger partial charge < -0.3 is 15.4 Å². The summed E-state index contributed by atoms with van der Waals surface area (Å²) in [6.45, 7) is 1.38. The van der Waals surface area contributed by atoms with E-state index in [0.29, 0.717) is 12.1 Å². The second-order valence-electron chi connectivity index (χ2n) is 4.03. The fourth-order valence-corrected chi connectivity index (χ4v) is 1.79. The molecule has 2 heterocycles. The zero-order valence-electron chi connectivity index (χ0n) is 9.90. The van der Waals surface area contributed by atoms with Crippen molar-refractivity contribution in [2.75, 3.05) is 25.5 Å². The quantitative estimate of drug-likeness (QED) is 0.818. The molecule has 17 heavy (non-hydrogen) atoms. The Bertz CT molecular complexity index is 372. The van der Waals surface area contributed by atoms with Crippen LogP contribution in [-0.4, -0.2) is 37.2 Å². The zero-order chi connectivity index (χ0) is 12.1. The largest absolute Gasteiger partial charge is 0.376 e. The molecular formula is C12H17N3O2. The van der Waals surface area contributed by atoms with Gasteiger partial charge in [-0.1, -0.05) is 0 Å². The summed E-state index contributed by atoms with van der Waals surface area (Å²) < 4.78 is 5.44. The number of aromatic nitrogens is 1. The lowest BCUT2D eigenvalue weighted by atomic mass is 10.2. The highest BCUT2D eigenvalue weighted by Gasteiger charge is 2.16. The van der Waals surface area contributed by atoms with E-state index in [1.807, 2.05) is 0 Å². The number of rotatable bonds is 4. The minimum absolute atomic E-state index is 0.101. The van der Waals surface area contributed by atoms with Crippen molar-refractivity contribution in [2.24, 2.45) is 0 Å². The van der Waals surface area contributed by atoms with Gasteiger partial charge in [-0.05, 0) is 25.0 Å². The SMILES string of the molecule is CNc1ccc(C(=O)NCC2CCCO2)cn1. The minimum atomic E-state index is -0.101. The van der Waals surface area contributed by atoms with Crippen LogP contribution < -0.4 is 10.6 Å². The predicted molar refractivity (Wildman–Crippen MR) is 65.1 cm³/mol. The molecule has 1 aromatic rings. The standard InChI is InChI=1S/C12H17N3O2/c1-13-11-5-4-9(7-14-11)12(16)15-8-10-3-2-6-17-10/h4-5,7,10H,2-3,6,8H2,1H3,(H,13,14)(H,15,16). The number of carbonyl (C=O) groups excluding carboxylic acids is 1. The molecule has 0 bridgehead atoms. The number of pyridine rings is 1. The zero-order valence-corrected chi connectivity index (χ0v) is 9.90. The highest BCUT2D eigenvalue weighted by atomic mass is 16.5. The first-order valence-electron chi connectivity index (χ1n) is 5.83. The monoisotopic (exact) mass is 235 g/mol. The van der Waals surface area contributed by atoms with E-state index in [-0.39, 0.29) is 12.0 Å². The molecule has 1 unspecified atom stereocenters. The van der Waals surface area contributed by atoms with E-state index < -0.39 is 0 Å². The van der Waals surface area contributed by atoms with E-state index >= 15 is 0 Å². The molecule has 0 aromatic carbocycles. The van der Waals surface area contributed by atoms with Crippen LogP contribution in [0.25, 0.3) is 0 Å². The van der Waals surface area contributed by atoms with Crippen LogP contribution in [0, 0.1) is 0 Å². The van der Waals surface area contributed by atoms with Crippen molar-refractivity contribution in [1.82, 2.24) is 10.3 Å². The molecule has 1 atom stereocenters. The Morgan fingerprint density at radius 2 is 2.47 bits per heavy atom. The van der Waals surface area contributed by atoms with Gasteiger partial charge in [-0.15, -0.1) is 0 Å². The number of carbonyl (C=O) groups is 1. The van der Waals surface area contributed by atoms with E-state index in [1.165, 1.54) is 0 Å². The number of nitrogens with one attached hydrogen (secondary N) is 2. The van der Waals surface area contributed by atoms with Gasteiger partial charge in [-0.25, -0.2) is 4.98 Å². The summed E-state index contributed by atoms with van der Waals surface area (Å²) in [7, 11) is 1.79. The maximum Gasteiger partial charge on any atom is 0.252 e. The summed E-state index contributed by atoms with van der Waals surface area (Å²) in [4.78, 5) is 15.9. The van der Waals surface area contributed by atoms with Crippen LogP contribution in [0.2, 0.25) is 0 Å². The van der Waals surface area contributed by atoms with Crippen molar-refractivity contribution in [2.45, 2.75) is 18.9 Å². The Morgan fingerprint density at radius 3 is 3.06 bits per heavy atom. The lowest BCUT2D eigenvalue weighted by Gasteiger charge is -2.10. The van der Waals surface area contributed by atoms with Gasteiger partial charge in [0.1, 0.15) is 5.82 Å². The molecule has 1 fully saturated rings. The van der Waals surface area contributed by atoms with Gasteiger partial charge in [-0.3, -0.25) is 4.79 Å². The second kappa shape index (κ2) is 5.63. The second-order valence-corrected chi connectivity index (χ2v) is 4.03. The number of nitrogens with zero attached hydrogens (tertiary/aromatic N) is 1. The molecule has 0 saturated carbocycles. The molecule has 1 saturated heterocycles. The molecule has 5 nitrogen and oxygen atoms in total. The average Bonchev–Trinajstić information content (AvgIpc) is 2.89. The van der Waals surface area contributed by atoms with Crippen molar-refractivity contribution in [3.63, 3.8) is 0 Å².